The van der Waals surface area contributed by atoms with Crippen LogP contribution in [0.3, 0.4) is 0 Å². The van der Waals surface area contributed by atoms with Crippen LogP contribution >= 0.6 is 23.1 Å². The van der Waals surface area contributed by atoms with E-state index in [0.717, 1.165) is 23.4 Å². The number of hydrogen-bond donors (Lipinski definition) is 1. The van der Waals surface area contributed by atoms with Crippen LogP contribution in [0.5, 0.6) is 0 Å². The predicted molar refractivity (Wildman–Crippen MR) is 117 cm³/mol. The van der Waals surface area contributed by atoms with Crippen LogP contribution in [0.15, 0.2) is 66.0 Å². The molecule has 1 atom stereocenters. The fourth-order valence-corrected chi connectivity index (χ4v) is 5.00. The zero-order valence-electron chi connectivity index (χ0n) is 15.4. The molecule has 0 bridgehead atoms. The number of amides is 2. The summed E-state index contributed by atoms with van der Waals surface area (Å²) in [6, 6.07) is 19.6. The topological polar surface area (TPSA) is 49.4 Å². The minimum absolute atomic E-state index is 0.0985. The molecule has 1 fully saturated rings. The van der Waals surface area contributed by atoms with Crippen LogP contribution in [-0.4, -0.2) is 17.6 Å². The molecular formula is C22H20N2O2S2. The summed E-state index contributed by atoms with van der Waals surface area (Å²) in [4.78, 5) is 27.4. The maximum atomic E-state index is 12.6. The van der Waals surface area contributed by atoms with Gasteiger partial charge in [-0.15, -0.1) is 23.1 Å². The highest BCUT2D eigenvalue weighted by Crippen LogP contribution is 2.42. The van der Waals surface area contributed by atoms with Crippen LogP contribution in [0.4, 0.5) is 11.4 Å². The van der Waals surface area contributed by atoms with Crippen LogP contribution in [0.2, 0.25) is 0 Å². The smallest absolute Gasteiger partial charge is 0.265 e. The van der Waals surface area contributed by atoms with Gasteiger partial charge in [0.25, 0.3) is 5.91 Å². The maximum absolute atomic E-state index is 12.6. The lowest BCUT2D eigenvalue weighted by molar-refractivity contribution is -0.115. The van der Waals surface area contributed by atoms with Gasteiger partial charge in [-0.2, -0.15) is 0 Å². The second kappa shape index (κ2) is 8.20. The quantitative estimate of drug-likeness (QED) is 0.620. The molecule has 142 valence electrons. The Balaban J connectivity index is 1.58. The zero-order chi connectivity index (χ0) is 19.5. The normalized spacial score (nSPS) is 16.4. The average Bonchev–Trinajstić information content (AvgIpc) is 3.38. The first-order valence-corrected chi connectivity index (χ1v) is 11.1. The number of nitrogens with zero attached hydrogens (tertiary/aromatic N) is 1. The molecule has 0 saturated carbocycles. The summed E-state index contributed by atoms with van der Waals surface area (Å²) < 4.78 is 0. The van der Waals surface area contributed by atoms with Crippen molar-refractivity contribution in [2.75, 3.05) is 16.0 Å². The van der Waals surface area contributed by atoms with Crippen LogP contribution in [-0.2, 0) is 11.2 Å². The maximum Gasteiger partial charge on any atom is 0.265 e. The summed E-state index contributed by atoms with van der Waals surface area (Å²) in [6.07, 6.45) is 0.971. The number of carbonyl (C=O) groups excluding carboxylic acids is 2. The van der Waals surface area contributed by atoms with Gasteiger partial charge >= 0.3 is 0 Å². The predicted octanol–water partition coefficient (Wildman–Crippen LogP) is 5.34. The van der Waals surface area contributed by atoms with Crippen molar-refractivity contribution in [3.8, 4) is 0 Å². The summed E-state index contributed by atoms with van der Waals surface area (Å²) in [5, 5.41) is 4.73. The molecule has 0 radical (unpaired) electrons. The lowest BCUT2D eigenvalue weighted by atomic mass is 10.1. The third-order valence-corrected chi connectivity index (χ3v) is 6.75. The van der Waals surface area contributed by atoms with E-state index in [4.69, 9.17) is 0 Å². The summed E-state index contributed by atoms with van der Waals surface area (Å²) in [5.41, 5.74) is 3.89. The average molecular weight is 409 g/mol. The highest BCUT2D eigenvalue weighted by Gasteiger charge is 2.34. The zero-order valence-corrected chi connectivity index (χ0v) is 17.1. The van der Waals surface area contributed by atoms with Crippen molar-refractivity contribution in [1.29, 1.82) is 0 Å². The Labute approximate surface area is 172 Å². The van der Waals surface area contributed by atoms with Crippen molar-refractivity contribution in [2.45, 2.75) is 18.7 Å². The SMILES string of the molecule is CCc1ccc(N2C(=O)CSC2c2cccc(NC(=O)c3cccs3)c2)cc1. The Hall–Kier alpha value is -2.57. The molecule has 1 unspecified atom stereocenters. The van der Waals surface area contributed by atoms with Crippen LogP contribution in [0.1, 0.15) is 33.1 Å². The molecular weight excluding hydrogens is 388 g/mol. The van der Waals surface area contributed by atoms with Gasteiger partial charge in [-0.1, -0.05) is 37.3 Å². The molecule has 4 nitrogen and oxygen atoms in total. The molecule has 2 aromatic carbocycles. The number of anilines is 2. The van der Waals surface area contributed by atoms with Crippen LogP contribution in [0.25, 0.3) is 0 Å². The Kier molecular flexibility index (Phi) is 5.50. The van der Waals surface area contributed by atoms with Gasteiger partial charge in [-0.3, -0.25) is 14.5 Å². The van der Waals surface area contributed by atoms with Crippen molar-refractivity contribution >= 4 is 46.3 Å². The van der Waals surface area contributed by atoms with Crippen molar-refractivity contribution in [3.05, 3.63) is 82.0 Å². The number of carbonyl (C=O) groups is 2. The van der Waals surface area contributed by atoms with Crippen molar-refractivity contribution in [3.63, 3.8) is 0 Å². The van der Waals surface area contributed by atoms with E-state index >= 15 is 0 Å². The van der Waals surface area contributed by atoms with Gasteiger partial charge in [0.15, 0.2) is 0 Å². The van der Waals surface area contributed by atoms with Gasteiger partial charge in [0.1, 0.15) is 5.37 Å². The van der Waals surface area contributed by atoms with Gasteiger partial charge < -0.3 is 5.32 Å². The molecule has 1 saturated heterocycles. The van der Waals surface area contributed by atoms with Gasteiger partial charge in [0, 0.05) is 11.4 Å². The number of aryl methyl sites for hydroxylation is 1. The molecule has 0 aliphatic carbocycles. The van der Waals surface area contributed by atoms with E-state index in [0.29, 0.717) is 10.6 Å². The number of benzene rings is 2. The number of hydrogen-bond acceptors (Lipinski definition) is 4. The molecule has 2 amide bonds. The summed E-state index contributed by atoms with van der Waals surface area (Å²) >= 11 is 3.02. The lowest BCUT2D eigenvalue weighted by Gasteiger charge is -2.25. The number of rotatable bonds is 5. The minimum atomic E-state index is -0.116. The molecule has 6 heteroatoms. The Morgan fingerprint density at radius 2 is 1.96 bits per heavy atom. The van der Waals surface area contributed by atoms with E-state index in [-0.39, 0.29) is 17.2 Å². The van der Waals surface area contributed by atoms with E-state index in [1.54, 1.807) is 17.8 Å². The van der Waals surface area contributed by atoms with Crippen molar-refractivity contribution < 1.29 is 9.59 Å². The standard InChI is InChI=1S/C22H20N2O2S2/c1-2-15-8-10-18(11-9-15)24-20(25)14-28-22(24)16-5-3-6-17(13-16)23-21(26)19-7-4-12-27-19/h3-13,22H,2,14H2,1H3,(H,23,26). The summed E-state index contributed by atoms with van der Waals surface area (Å²) in [5.74, 6) is 0.438. The molecule has 1 aliphatic heterocycles. The van der Waals surface area contributed by atoms with E-state index in [2.05, 4.69) is 24.4 Å². The van der Waals surface area contributed by atoms with Gasteiger partial charge in [0.05, 0.1) is 10.6 Å². The van der Waals surface area contributed by atoms with Crippen LogP contribution in [0, 0.1) is 0 Å². The molecule has 1 aliphatic rings. The largest absolute Gasteiger partial charge is 0.321 e. The van der Waals surface area contributed by atoms with Gasteiger partial charge in [-0.05, 0) is 53.3 Å². The number of thioether (sulfide) groups is 1. The van der Waals surface area contributed by atoms with E-state index in [1.165, 1.54) is 16.9 Å². The first-order chi connectivity index (χ1) is 13.7. The van der Waals surface area contributed by atoms with E-state index < -0.39 is 0 Å². The van der Waals surface area contributed by atoms with Gasteiger partial charge in [0.2, 0.25) is 5.91 Å². The molecule has 1 aromatic heterocycles. The number of thiophene rings is 1. The van der Waals surface area contributed by atoms with E-state index in [9.17, 15) is 9.59 Å². The third-order valence-electron chi connectivity index (χ3n) is 4.67. The van der Waals surface area contributed by atoms with E-state index in [1.807, 2.05) is 52.7 Å². The number of nitrogens with one attached hydrogen (secondary N) is 1. The Morgan fingerprint density at radius 1 is 1.14 bits per heavy atom. The molecule has 28 heavy (non-hydrogen) atoms. The highest BCUT2D eigenvalue weighted by atomic mass is 32.2. The molecule has 2 heterocycles. The first kappa shape index (κ1) is 18.8. The summed E-state index contributed by atoms with van der Waals surface area (Å²) in [7, 11) is 0. The molecule has 1 N–H and O–H groups in total. The Bertz CT molecular complexity index is 984. The molecule has 0 spiro atoms. The Morgan fingerprint density at radius 3 is 2.68 bits per heavy atom. The fraction of sp³-hybridized carbons (Fsp3) is 0.182. The second-order valence-corrected chi connectivity index (χ2v) is 8.52. The third kappa shape index (κ3) is 3.84. The van der Waals surface area contributed by atoms with Crippen molar-refractivity contribution in [2.24, 2.45) is 0 Å². The highest BCUT2D eigenvalue weighted by molar-refractivity contribution is 8.00. The lowest BCUT2D eigenvalue weighted by Crippen LogP contribution is -2.27. The fourth-order valence-electron chi connectivity index (χ4n) is 3.21. The van der Waals surface area contributed by atoms with Crippen LogP contribution < -0.4 is 10.2 Å². The van der Waals surface area contributed by atoms with Crippen molar-refractivity contribution in [1.82, 2.24) is 0 Å². The second-order valence-electron chi connectivity index (χ2n) is 6.50. The first-order valence-electron chi connectivity index (χ1n) is 9.13. The van der Waals surface area contributed by atoms with Gasteiger partial charge in [-0.25, -0.2) is 0 Å². The molecule has 3 aromatic rings. The molecule has 4 rings (SSSR count). The summed E-state index contributed by atoms with van der Waals surface area (Å²) in [6.45, 7) is 2.12. The minimum Gasteiger partial charge on any atom is -0.321 e. The monoisotopic (exact) mass is 408 g/mol.